The summed E-state index contributed by atoms with van der Waals surface area (Å²) < 4.78 is 23.1. The second-order valence-electron chi connectivity index (χ2n) is 4.14. The first-order valence-electron chi connectivity index (χ1n) is 5.29. The molecule has 18 heavy (non-hydrogen) atoms. The molecule has 0 radical (unpaired) electrons. The van der Waals surface area contributed by atoms with Gasteiger partial charge in [-0.2, -0.15) is 0 Å². The van der Waals surface area contributed by atoms with Gasteiger partial charge in [0.15, 0.2) is 9.84 Å². The van der Waals surface area contributed by atoms with Crippen molar-refractivity contribution in [2.75, 3.05) is 16.8 Å². The number of hydrogen-bond donors (Lipinski definition) is 2. The quantitative estimate of drug-likeness (QED) is 0.826. The third-order valence-electron chi connectivity index (χ3n) is 2.34. The van der Waals surface area contributed by atoms with Crippen LogP contribution in [0.1, 0.15) is 13.8 Å². The van der Waals surface area contributed by atoms with Crippen LogP contribution in [0, 0.1) is 0 Å². The minimum Gasteiger partial charge on any atom is -0.397 e. The lowest BCUT2D eigenvalue weighted by Crippen LogP contribution is -2.28. The third-order valence-corrected chi connectivity index (χ3v) is 4.67. The van der Waals surface area contributed by atoms with Gasteiger partial charge in [-0.3, -0.25) is 4.79 Å². The smallest absolute Gasteiger partial charge is 0.239 e. The Morgan fingerprint density at radius 1 is 1.44 bits per heavy atom. The zero-order chi connectivity index (χ0) is 13.9. The Morgan fingerprint density at radius 3 is 2.56 bits per heavy atom. The number of carbonyl (C=O) groups is 1. The molecule has 0 unspecified atom stereocenters. The highest BCUT2D eigenvalue weighted by molar-refractivity contribution is 7.92. The Kier molecular flexibility index (Phi) is 4.59. The normalized spacial score (nSPS) is 11.6. The van der Waals surface area contributed by atoms with Gasteiger partial charge >= 0.3 is 0 Å². The lowest BCUT2D eigenvalue weighted by atomic mass is 10.2. The highest BCUT2D eigenvalue weighted by Gasteiger charge is 2.20. The number of rotatable bonds is 4. The molecule has 0 saturated heterocycles. The lowest BCUT2D eigenvalue weighted by Gasteiger charge is -2.10. The Labute approximate surface area is 111 Å². The van der Waals surface area contributed by atoms with E-state index in [4.69, 9.17) is 17.3 Å². The highest BCUT2D eigenvalue weighted by Crippen LogP contribution is 2.22. The first-order valence-corrected chi connectivity index (χ1v) is 7.38. The van der Waals surface area contributed by atoms with Gasteiger partial charge in [0.05, 0.1) is 16.6 Å². The molecule has 0 bridgehead atoms. The minimum atomic E-state index is -3.42. The van der Waals surface area contributed by atoms with Gasteiger partial charge in [0.1, 0.15) is 5.75 Å². The summed E-state index contributed by atoms with van der Waals surface area (Å²) in [6, 6.07) is 4.57. The van der Waals surface area contributed by atoms with Gasteiger partial charge in [0, 0.05) is 5.02 Å². The second-order valence-corrected chi connectivity index (χ2v) is 7.13. The molecule has 0 fully saturated rings. The number of anilines is 2. The van der Waals surface area contributed by atoms with Crippen molar-refractivity contribution in [3.8, 4) is 0 Å². The van der Waals surface area contributed by atoms with Crippen molar-refractivity contribution in [2.24, 2.45) is 0 Å². The fraction of sp³-hybridized carbons (Fsp3) is 0.364. The van der Waals surface area contributed by atoms with Crippen molar-refractivity contribution in [1.29, 1.82) is 0 Å². The fourth-order valence-electron chi connectivity index (χ4n) is 1.18. The number of sulfone groups is 1. The molecule has 0 aliphatic rings. The highest BCUT2D eigenvalue weighted by atomic mass is 35.5. The number of nitrogens with one attached hydrogen (secondary N) is 1. The molecule has 0 heterocycles. The van der Waals surface area contributed by atoms with Crippen molar-refractivity contribution < 1.29 is 13.2 Å². The summed E-state index contributed by atoms with van der Waals surface area (Å²) in [6.45, 7) is 3.05. The van der Waals surface area contributed by atoms with Crippen molar-refractivity contribution in [2.45, 2.75) is 19.1 Å². The van der Waals surface area contributed by atoms with E-state index in [1.54, 1.807) is 6.07 Å². The van der Waals surface area contributed by atoms with E-state index in [2.05, 4.69) is 5.32 Å². The maximum atomic E-state index is 11.6. The van der Waals surface area contributed by atoms with Crippen LogP contribution in [0.15, 0.2) is 18.2 Å². The maximum Gasteiger partial charge on any atom is 0.239 e. The van der Waals surface area contributed by atoms with Crippen LogP contribution in [0.25, 0.3) is 0 Å². The predicted molar refractivity (Wildman–Crippen MR) is 73.4 cm³/mol. The van der Waals surface area contributed by atoms with Gasteiger partial charge in [-0.05, 0) is 32.0 Å². The zero-order valence-corrected chi connectivity index (χ0v) is 11.7. The van der Waals surface area contributed by atoms with Crippen LogP contribution < -0.4 is 11.1 Å². The van der Waals surface area contributed by atoms with E-state index in [-0.39, 0.29) is 5.69 Å². The number of halogens is 1. The van der Waals surface area contributed by atoms with Crippen molar-refractivity contribution in [1.82, 2.24) is 0 Å². The number of nitrogens with two attached hydrogens (primary N) is 1. The Bertz CT molecular complexity index is 555. The van der Waals surface area contributed by atoms with Gasteiger partial charge in [-0.15, -0.1) is 0 Å². The largest absolute Gasteiger partial charge is 0.397 e. The standard InChI is InChI=1S/C11H15ClN2O3S/c1-7(2)18(16,17)6-11(15)14-10-4-3-8(12)5-9(10)13/h3-5,7H,6,13H2,1-2H3,(H,14,15). The van der Waals surface area contributed by atoms with E-state index in [0.717, 1.165) is 0 Å². The molecule has 0 spiro atoms. The molecular weight excluding hydrogens is 276 g/mol. The van der Waals surface area contributed by atoms with E-state index in [9.17, 15) is 13.2 Å². The van der Waals surface area contributed by atoms with Crippen LogP contribution in [0.2, 0.25) is 5.02 Å². The van der Waals surface area contributed by atoms with E-state index in [1.165, 1.54) is 26.0 Å². The zero-order valence-electron chi connectivity index (χ0n) is 10.1. The van der Waals surface area contributed by atoms with Crippen LogP contribution in [0.4, 0.5) is 11.4 Å². The third kappa shape index (κ3) is 3.89. The van der Waals surface area contributed by atoms with Gasteiger partial charge in [0.2, 0.25) is 5.91 Å². The van der Waals surface area contributed by atoms with Crippen LogP contribution in [-0.4, -0.2) is 25.3 Å². The summed E-state index contributed by atoms with van der Waals surface area (Å²) in [5, 5.41) is 2.30. The number of hydrogen-bond acceptors (Lipinski definition) is 4. The molecule has 1 aromatic carbocycles. The van der Waals surface area contributed by atoms with Gasteiger partial charge < -0.3 is 11.1 Å². The van der Waals surface area contributed by atoms with Gasteiger partial charge in [-0.25, -0.2) is 8.42 Å². The first kappa shape index (κ1) is 14.8. The molecule has 5 nitrogen and oxygen atoms in total. The summed E-state index contributed by atoms with van der Waals surface area (Å²) in [5.41, 5.74) is 6.28. The van der Waals surface area contributed by atoms with Crippen LogP contribution >= 0.6 is 11.6 Å². The minimum absolute atomic E-state index is 0.290. The molecule has 1 rings (SSSR count). The van der Waals surface area contributed by atoms with Crippen molar-refractivity contribution in [3.63, 3.8) is 0 Å². The monoisotopic (exact) mass is 290 g/mol. The molecule has 0 aromatic heterocycles. The average Bonchev–Trinajstić information content (AvgIpc) is 2.21. The lowest BCUT2D eigenvalue weighted by molar-refractivity contribution is -0.113. The second kappa shape index (κ2) is 5.58. The molecule has 3 N–H and O–H groups in total. The number of amides is 1. The number of carbonyl (C=O) groups excluding carboxylic acids is 1. The Hall–Kier alpha value is -1.27. The van der Waals surface area contributed by atoms with E-state index in [0.29, 0.717) is 10.7 Å². The molecule has 1 aromatic rings. The topological polar surface area (TPSA) is 89.3 Å². The summed E-state index contributed by atoms with van der Waals surface area (Å²) in [4.78, 5) is 11.6. The molecule has 0 aliphatic carbocycles. The molecule has 0 saturated carbocycles. The summed E-state index contributed by atoms with van der Waals surface area (Å²) in [7, 11) is -3.42. The molecule has 0 aliphatic heterocycles. The molecule has 0 atom stereocenters. The van der Waals surface area contributed by atoms with Gasteiger partial charge in [0.25, 0.3) is 0 Å². The summed E-state index contributed by atoms with van der Waals surface area (Å²) >= 11 is 5.71. The molecule has 7 heteroatoms. The SMILES string of the molecule is CC(C)S(=O)(=O)CC(=O)Nc1ccc(Cl)cc1N. The fourth-order valence-corrected chi connectivity index (χ4v) is 2.13. The number of nitrogen functional groups attached to an aromatic ring is 1. The molecular formula is C11H15ClN2O3S. The van der Waals surface area contributed by atoms with Crippen molar-refractivity contribution in [3.05, 3.63) is 23.2 Å². The maximum absolute atomic E-state index is 11.6. The van der Waals surface area contributed by atoms with Crippen LogP contribution in [0.5, 0.6) is 0 Å². The molecule has 1 amide bonds. The van der Waals surface area contributed by atoms with E-state index >= 15 is 0 Å². The Balaban J connectivity index is 2.77. The predicted octanol–water partition coefficient (Wildman–Crippen LogP) is 1.68. The van der Waals surface area contributed by atoms with E-state index in [1.807, 2.05) is 0 Å². The van der Waals surface area contributed by atoms with Crippen LogP contribution in [0.3, 0.4) is 0 Å². The summed E-state index contributed by atoms with van der Waals surface area (Å²) in [6.07, 6.45) is 0. The molecule has 100 valence electrons. The van der Waals surface area contributed by atoms with Crippen molar-refractivity contribution >= 4 is 38.7 Å². The van der Waals surface area contributed by atoms with E-state index < -0.39 is 26.7 Å². The first-order chi connectivity index (χ1) is 8.22. The summed E-state index contributed by atoms with van der Waals surface area (Å²) in [5.74, 6) is -1.18. The average molecular weight is 291 g/mol. The van der Waals surface area contributed by atoms with Crippen LogP contribution in [-0.2, 0) is 14.6 Å². The Morgan fingerprint density at radius 2 is 2.06 bits per heavy atom. The number of benzene rings is 1. The van der Waals surface area contributed by atoms with Gasteiger partial charge in [-0.1, -0.05) is 11.6 Å².